The summed E-state index contributed by atoms with van der Waals surface area (Å²) in [6, 6.07) is 1.32. The Labute approximate surface area is 246 Å². The second kappa shape index (κ2) is 20.8. The summed E-state index contributed by atoms with van der Waals surface area (Å²) in [5.41, 5.74) is 4.42. The van der Waals surface area contributed by atoms with Crippen molar-refractivity contribution in [1.82, 2.24) is 0 Å². The fraction of sp³-hybridized carbons (Fsp3) is 0.917. The molecule has 0 amide bonds. The van der Waals surface area contributed by atoms with Crippen molar-refractivity contribution in [2.45, 2.75) is 192 Å². The maximum atomic E-state index is 5.02. The fourth-order valence-electron chi connectivity index (χ4n) is 6.48. The van der Waals surface area contributed by atoms with Gasteiger partial charge in [0.05, 0.1) is 0 Å². The van der Waals surface area contributed by atoms with Crippen molar-refractivity contribution in [1.29, 1.82) is 0 Å². The van der Waals surface area contributed by atoms with E-state index in [1.54, 1.807) is 0 Å². The third-order valence-corrected chi connectivity index (χ3v) is 8.17. The molecule has 3 unspecified atom stereocenters. The summed E-state index contributed by atoms with van der Waals surface area (Å²) in [6.45, 7) is 29.7. The first-order valence-corrected chi connectivity index (χ1v) is 16.8. The normalized spacial score (nSPS) is 17.7. The van der Waals surface area contributed by atoms with Crippen molar-refractivity contribution in [3.63, 3.8) is 0 Å². The SMILES string of the molecule is CCC(CCCC(C)N=C(C)CC(C)C)(CCCC(C)N=C(C)CC(C)C)CCCC(C)N=C(C)CC(C)C. The van der Waals surface area contributed by atoms with Crippen molar-refractivity contribution in [2.24, 2.45) is 38.1 Å². The van der Waals surface area contributed by atoms with Crippen molar-refractivity contribution in [3.8, 4) is 0 Å². The maximum Gasteiger partial charge on any atom is 0.0470 e. The molecule has 0 fully saturated rings. The molecule has 0 aromatic heterocycles. The molecular weight excluding hydrogens is 474 g/mol. The lowest BCUT2D eigenvalue weighted by atomic mass is 9.72. The van der Waals surface area contributed by atoms with Crippen LogP contribution in [0.3, 0.4) is 0 Å². The topological polar surface area (TPSA) is 37.1 Å². The second-order valence-electron chi connectivity index (χ2n) is 14.5. The smallest absolute Gasteiger partial charge is 0.0470 e. The van der Waals surface area contributed by atoms with Gasteiger partial charge in [0.15, 0.2) is 0 Å². The Balaban J connectivity index is 5.21. The molecule has 0 heterocycles. The highest BCUT2D eigenvalue weighted by Crippen LogP contribution is 2.40. The summed E-state index contributed by atoms with van der Waals surface area (Å²) in [5.74, 6) is 2.07. The minimum atomic E-state index is 0.440. The van der Waals surface area contributed by atoms with E-state index in [1.807, 2.05) is 0 Å². The van der Waals surface area contributed by atoms with Crippen LogP contribution < -0.4 is 0 Å². The molecule has 0 aliphatic carbocycles. The van der Waals surface area contributed by atoms with Crippen molar-refractivity contribution >= 4 is 17.1 Å². The van der Waals surface area contributed by atoms with E-state index in [4.69, 9.17) is 15.0 Å². The predicted molar refractivity (Wildman–Crippen MR) is 180 cm³/mol. The van der Waals surface area contributed by atoms with Crippen LogP contribution in [-0.2, 0) is 0 Å². The van der Waals surface area contributed by atoms with E-state index in [2.05, 4.69) is 90.0 Å². The van der Waals surface area contributed by atoms with E-state index < -0.39 is 0 Å². The van der Waals surface area contributed by atoms with Gasteiger partial charge in [-0.2, -0.15) is 0 Å². The third-order valence-electron chi connectivity index (χ3n) is 8.17. The number of hydrogen-bond donors (Lipinski definition) is 0. The number of aliphatic imine (C=N–C) groups is 3. The van der Waals surface area contributed by atoms with Crippen molar-refractivity contribution in [3.05, 3.63) is 0 Å². The summed E-state index contributed by atoms with van der Waals surface area (Å²) in [7, 11) is 0. The van der Waals surface area contributed by atoms with Gasteiger partial charge in [-0.15, -0.1) is 0 Å². The number of hydrogen-bond acceptors (Lipinski definition) is 3. The number of nitrogens with zero attached hydrogens (tertiary/aromatic N) is 3. The Morgan fingerprint density at radius 3 is 0.949 bits per heavy atom. The van der Waals surface area contributed by atoms with Gasteiger partial charge in [-0.25, -0.2) is 0 Å². The van der Waals surface area contributed by atoms with E-state index in [9.17, 15) is 0 Å². The molecule has 0 aromatic rings. The lowest BCUT2D eigenvalue weighted by molar-refractivity contribution is 0.185. The summed E-state index contributed by atoms with van der Waals surface area (Å²) >= 11 is 0. The number of rotatable bonds is 22. The molecule has 0 aliphatic heterocycles. The van der Waals surface area contributed by atoms with E-state index in [1.165, 1.54) is 81.3 Å². The summed E-state index contributed by atoms with van der Waals surface area (Å²) in [6.07, 6.45) is 16.1. The van der Waals surface area contributed by atoms with Gasteiger partial charge >= 0.3 is 0 Å². The van der Waals surface area contributed by atoms with Crippen LogP contribution in [0, 0.1) is 23.2 Å². The molecule has 3 nitrogen and oxygen atoms in total. The van der Waals surface area contributed by atoms with Gasteiger partial charge < -0.3 is 0 Å². The standard InChI is InChI=1S/C36H71N3/c1-14-36(21-15-18-30(8)37-33(11)24-27(2)3,22-16-19-31(9)38-34(12)25-28(4)5)23-17-20-32(10)39-35(13)26-29(6)7/h27-32H,14-26H2,1-13H3. The minimum Gasteiger partial charge on any atom is -0.291 e. The summed E-state index contributed by atoms with van der Waals surface area (Å²) in [5, 5.41) is 0. The van der Waals surface area contributed by atoms with Gasteiger partial charge in [-0.05, 0) is 122 Å². The zero-order valence-electron chi connectivity index (χ0n) is 29.0. The maximum absolute atomic E-state index is 5.02. The molecule has 230 valence electrons. The van der Waals surface area contributed by atoms with E-state index in [0.717, 1.165) is 19.3 Å². The Hall–Kier alpha value is -0.990. The van der Waals surface area contributed by atoms with Crippen molar-refractivity contribution < 1.29 is 0 Å². The first kappa shape index (κ1) is 38.0. The fourth-order valence-corrected chi connectivity index (χ4v) is 6.48. The van der Waals surface area contributed by atoms with E-state index in [0.29, 0.717) is 41.3 Å². The first-order chi connectivity index (χ1) is 18.2. The molecule has 0 saturated carbocycles. The van der Waals surface area contributed by atoms with Crippen LogP contribution in [0.4, 0.5) is 0 Å². The first-order valence-electron chi connectivity index (χ1n) is 16.8. The minimum absolute atomic E-state index is 0.440. The molecular formula is C36H71N3. The molecule has 0 radical (unpaired) electrons. The predicted octanol–water partition coefficient (Wildman–Crippen LogP) is 11.6. The summed E-state index contributed by atoms with van der Waals surface area (Å²) in [4.78, 5) is 15.0. The van der Waals surface area contributed by atoms with E-state index in [-0.39, 0.29) is 0 Å². The molecule has 3 heteroatoms. The van der Waals surface area contributed by atoms with Crippen LogP contribution >= 0.6 is 0 Å². The highest BCUT2D eigenvalue weighted by Gasteiger charge is 2.27. The largest absolute Gasteiger partial charge is 0.291 e. The van der Waals surface area contributed by atoms with Crippen molar-refractivity contribution in [2.75, 3.05) is 0 Å². The van der Waals surface area contributed by atoms with Gasteiger partial charge in [0.25, 0.3) is 0 Å². The monoisotopic (exact) mass is 546 g/mol. The highest BCUT2D eigenvalue weighted by molar-refractivity contribution is 5.82. The lowest BCUT2D eigenvalue weighted by Crippen LogP contribution is -2.22. The molecule has 0 aliphatic rings. The Kier molecular flexibility index (Phi) is 20.3. The zero-order chi connectivity index (χ0) is 30.0. The quantitative estimate of drug-likeness (QED) is 0.121. The molecule has 0 N–H and O–H groups in total. The molecule has 0 rings (SSSR count). The third kappa shape index (κ3) is 20.5. The molecule has 0 aromatic carbocycles. The van der Waals surface area contributed by atoms with Crippen LogP contribution in [0.25, 0.3) is 0 Å². The van der Waals surface area contributed by atoms with Crippen LogP contribution in [0.1, 0.15) is 173 Å². The van der Waals surface area contributed by atoms with Crippen LogP contribution in [0.15, 0.2) is 15.0 Å². The average molecular weight is 546 g/mol. The summed E-state index contributed by atoms with van der Waals surface area (Å²) < 4.78 is 0. The zero-order valence-corrected chi connectivity index (χ0v) is 29.0. The Bertz CT molecular complexity index is 620. The molecule has 0 spiro atoms. The van der Waals surface area contributed by atoms with Crippen LogP contribution in [-0.4, -0.2) is 35.3 Å². The van der Waals surface area contributed by atoms with Gasteiger partial charge in [-0.3, -0.25) is 15.0 Å². The van der Waals surface area contributed by atoms with Gasteiger partial charge in [0.2, 0.25) is 0 Å². The second-order valence-corrected chi connectivity index (χ2v) is 14.5. The Morgan fingerprint density at radius 2 is 0.744 bits per heavy atom. The van der Waals surface area contributed by atoms with Gasteiger partial charge in [0, 0.05) is 35.3 Å². The van der Waals surface area contributed by atoms with Crippen LogP contribution in [0.2, 0.25) is 0 Å². The average Bonchev–Trinajstić information content (AvgIpc) is 2.76. The highest BCUT2D eigenvalue weighted by atomic mass is 14.8. The Morgan fingerprint density at radius 1 is 0.487 bits per heavy atom. The van der Waals surface area contributed by atoms with Gasteiger partial charge in [-0.1, -0.05) is 74.1 Å². The van der Waals surface area contributed by atoms with Gasteiger partial charge in [0.1, 0.15) is 0 Å². The molecule has 3 atom stereocenters. The molecule has 39 heavy (non-hydrogen) atoms. The van der Waals surface area contributed by atoms with Crippen LogP contribution in [0.5, 0.6) is 0 Å². The molecule has 0 saturated heterocycles. The van der Waals surface area contributed by atoms with E-state index >= 15 is 0 Å². The lowest BCUT2D eigenvalue weighted by Gasteiger charge is -2.34. The molecule has 0 bridgehead atoms.